The van der Waals surface area contributed by atoms with Gasteiger partial charge in [-0.2, -0.15) is 0 Å². The van der Waals surface area contributed by atoms with Crippen LogP contribution in [-0.2, 0) is 6.42 Å². The zero-order valence-corrected chi connectivity index (χ0v) is 15.4. The third kappa shape index (κ3) is 2.75. The standard InChI is InChI=1S/C21H32O2/c1-6-7-8-9-15-12-16(22)18-17(13-15)23-21(5)11-10-20(3,4)19(18)14(21)2/h12-14,19,22H,6-11H2,1-5H3/t14-,19?,21-/m1/s1. The summed E-state index contributed by atoms with van der Waals surface area (Å²) >= 11 is 0. The van der Waals surface area contributed by atoms with Crippen molar-refractivity contribution in [2.24, 2.45) is 11.3 Å². The average Bonchev–Trinajstić information content (AvgIpc) is 2.46. The smallest absolute Gasteiger partial charge is 0.127 e. The van der Waals surface area contributed by atoms with Crippen molar-refractivity contribution in [2.45, 2.75) is 84.7 Å². The van der Waals surface area contributed by atoms with Crippen LogP contribution in [0, 0.1) is 11.3 Å². The van der Waals surface area contributed by atoms with E-state index in [-0.39, 0.29) is 11.0 Å². The molecule has 1 aromatic carbocycles. The van der Waals surface area contributed by atoms with Gasteiger partial charge in [0.15, 0.2) is 0 Å². The van der Waals surface area contributed by atoms with Crippen LogP contribution in [0.25, 0.3) is 0 Å². The lowest BCUT2D eigenvalue weighted by Crippen LogP contribution is -2.53. The Balaban J connectivity index is 2.02. The first kappa shape index (κ1) is 16.7. The van der Waals surface area contributed by atoms with Crippen LogP contribution in [0.1, 0.15) is 83.8 Å². The number of rotatable bonds is 4. The lowest BCUT2D eigenvalue weighted by molar-refractivity contribution is -0.0725. The van der Waals surface area contributed by atoms with Crippen LogP contribution in [0.5, 0.6) is 11.5 Å². The van der Waals surface area contributed by atoms with E-state index in [1.165, 1.54) is 24.8 Å². The average molecular weight is 316 g/mol. The van der Waals surface area contributed by atoms with Crippen molar-refractivity contribution >= 4 is 0 Å². The minimum atomic E-state index is -0.0956. The summed E-state index contributed by atoms with van der Waals surface area (Å²) < 4.78 is 6.46. The normalized spacial score (nSPS) is 31.3. The molecule has 2 aliphatic rings. The summed E-state index contributed by atoms with van der Waals surface area (Å²) in [4.78, 5) is 0. The maximum absolute atomic E-state index is 10.8. The molecule has 0 spiro atoms. The molecular formula is C21H32O2. The van der Waals surface area contributed by atoms with Crippen LogP contribution >= 0.6 is 0 Å². The van der Waals surface area contributed by atoms with E-state index >= 15 is 0 Å². The number of phenolic OH excluding ortho intramolecular Hbond substituents is 1. The van der Waals surface area contributed by atoms with Gasteiger partial charge in [-0.25, -0.2) is 0 Å². The lowest BCUT2D eigenvalue weighted by Gasteiger charge is -2.56. The Hall–Kier alpha value is -1.18. The van der Waals surface area contributed by atoms with E-state index in [0.717, 1.165) is 30.6 Å². The molecule has 3 atom stereocenters. The van der Waals surface area contributed by atoms with Crippen molar-refractivity contribution in [1.82, 2.24) is 0 Å². The van der Waals surface area contributed by atoms with Crippen LogP contribution in [0.15, 0.2) is 12.1 Å². The first-order chi connectivity index (χ1) is 10.8. The Morgan fingerprint density at radius 3 is 2.61 bits per heavy atom. The van der Waals surface area contributed by atoms with E-state index in [2.05, 4.69) is 40.7 Å². The first-order valence-electron chi connectivity index (χ1n) is 9.33. The van der Waals surface area contributed by atoms with Gasteiger partial charge in [0.2, 0.25) is 0 Å². The van der Waals surface area contributed by atoms with Crippen LogP contribution in [0.2, 0.25) is 0 Å². The highest BCUT2D eigenvalue weighted by atomic mass is 16.5. The number of fused-ring (bicyclic) bond motifs is 4. The fraction of sp³-hybridized carbons (Fsp3) is 0.714. The Morgan fingerprint density at radius 2 is 1.91 bits per heavy atom. The molecule has 23 heavy (non-hydrogen) atoms. The fourth-order valence-corrected chi connectivity index (χ4v) is 4.81. The molecule has 1 saturated carbocycles. The zero-order valence-electron chi connectivity index (χ0n) is 15.4. The molecule has 2 nitrogen and oxygen atoms in total. The predicted molar refractivity (Wildman–Crippen MR) is 95.3 cm³/mol. The number of hydrogen-bond acceptors (Lipinski definition) is 2. The van der Waals surface area contributed by atoms with Gasteiger partial charge in [0, 0.05) is 17.4 Å². The minimum absolute atomic E-state index is 0.0956. The topological polar surface area (TPSA) is 29.5 Å². The van der Waals surface area contributed by atoms with Crippen molar-refractivity contribution in [3.8, 4) is 11.5 Å². The van der Waals surface area contributed by atoms with Crippen molar-refractivity contribution < 1.29 is 9.84 Å². The zero-order chi connectivity index (χ0) is 16.8. The molecule has 128 valence electrons. The number of aryl methyl sites for hydroxylation is 1. The van der Waals surface area contributed by atoms with E-state index < -0.39 is 0 Å². The van der Waals surface area contributed by atoms with Gasteiger partial charge >= 0.3 is 0 Å². The molecule has 1 aliphatic carbocycles. The highest BCUT2D eigenvalue weighted by Crippen LogP contribution is 2.61. The monoisotopic (exact) mass is 316 g/mol. The molecule has 0 amide bonds. The van der Waals surface area contributed by atoms with E-state index in [9.17, 15) is 5.11 Å². The first-order valence-corrected chi connectivity index (χ1v) is 9.33. The second kappa shape index (κ2) is 5.72. The number of phenols is 1. The summed E-state index contributed by atoms with van der Waals surface area (Å²) in [5, 5.41) is 10.8. The third-order valence-corrected chi connectivity index (χ3v) is 6.47. The molecule has 0 saturated heterocycles. The summed E-state index contributed by atoms with van der Waals surface area (Å²) in [5.41, 5.74) is 2.38. The van der Waals surface area contributed by atoms with Gasteiger partial charge in [-0.15, -0.1) is 0 Å². The molecule has 1 fully saturated rings. The Morgan fingerprint density at radius 1 is 1.17 bits per heavy atom. The lowest BCUT2D eigenvalue weighted by atomic mass is 9.55. The van der Waals surface area contributed by atoms with Crippen LogP contribution in [-0.4, -0.2) is 10.7 Å². The second-order valence-corrected chi connectivity index (χ2v) is 8.65. The second-order valence-electron chi connectivity index (χ2n) is 8.65. The van der Waals surface area contributed by atoms with Crippen molar-refractivity contribution in [2.75, 3.05) is 0 Å². The van der Waals surface area contributed by atoms with Crippen molar-refractivity contribution in [3.05, 3.63) is 23.3 Å². The fourth-order valence-electron chi connectivity index (χ4n) is 4.81. The van der Waals surface area contributed by atoms with E-state index in [1.807, 2.05) is 6.07 Å². The number of benzene rings is 1. The molecule has 1 aromatic rings. The number of aromatic hydroxyl groups is 1. The third-order valence-electron chi connectivity index (χ3n) is 6.47. The van der Waals surface area contributed by atoms with Crippen molar-refractivity contribution in [3.63, 3.8) is 0 Å². The van der Waals surface area contributed by atoms with Crippen LogP contribution in [0.3, 0.4) is 0 Å². The summed E-state index contributed by atoms with van der Waals surface area (Å²) in [6.45, 7) is 11.5. The van der Waals surface area contributed by atoms with Crippen molar-refractivity contribution in [1.29, 1.82) is 0 Å². The highest BCUT2D eigenvalue weighted by molar-refractivity contribution is 5.53. The molecule has 3 rings (SSSR count). The van der Waals surface area contributed by atoms with Gasteiger partial charge in [0.1, 0.15) is 17.1 Å². The maximum Gasteiger partial charge on any atom is 0.127 e. The predicted octanol–water partition coefficient (Wildman–Crippen LogP) is 5.82. The van der Waals surface area contributed by atoms with Gasteiger partial charge in [-0.05, 0) is 55.7 Å². The van der Waals surface area contributed by atoms with Gasteiger partial charge in [-0.3, -0.25) is 0 Å². The molecule has 2 bridgehead atoms. The number of hydrogen-bond donors (Lipinski definition) is 1. The minimum Gasteiger partial charge on any atom is -0.508 e. The number of ether oxygens (including phenoxy) is 1. The quantitative estimate of drug-likeness (QED) is 0.710. The molecular weight excluding hydrogens is 284 g/mol. The molecule has 0 aromatic heterocycles. The Kier molecular flexibility index (Phi) is 4.14. The Labute approximate surface area is 141 Å². The maximum atomic E-state index is 10.8. The SMILES string of the molecule is CCCCCc1cc(O)c2c(c1)O[C@]1(C)CCC(C)(C)C2[C@H]1C. The highest BCUT2D eigenvalue weighted by Gasteiger charge is 2.54. The van der Waals surface area contributed by atoms with Crippen LogP contribution in [0.4, 0.5) is 0 Å². The van der Waals surface area contributed by atoms with Gasteiger partial charge in [0.25, 0.3) is 0 Å². The molecule has 0 radical (unpaired) electrons. The number of unbranched alkanes of at least 4 members (excludes halogenated alkanes) is 2. The molecule has 1 aliphatic heterocycles. The summed E-state index contributed by atoms with van der Waals surface area (Å²) in [6.07, 6.45) is 6.91. The summed E-state index contributed by atoms with van der Waals surface area (Å²) in [7, 11) is 0. The van der Waals surface area contributed by atoms with E-state index in [1.54, 1.807) is 0 Å². The molecule has 1 heterocycles. The largest absolute Gasteiger partial charge is 0.508 e. The van der Waals surface area contributed by atoms with Gasteiger partial charge in [-0.1, -0.05) is 40.5 Å². The molecule has 1 N–H and O–H groups in total. The van der Waals surface area contributed by atoms with E-state index in [0.29, 0.717) is 17.6 Å². The van der Waals surface area contributed by atoms with Crippen LogP contribution < -0.4 is 4.74 Å². The molecule has 1 unspecified atom stereocenters. The van der Waals surface area contributed by atoms with E-state index in [4.69, 9.17) is 4.74 Å². The van der Waals surface area contributed by atoms with Gasteiger partial charge in [0.05, 0.1) is 0 Å². The summed E-state index contributed by atoms with van der Waals surface area (Å²) in [5.74, 6) is 2.18. The summed E-state index contributed by atoms with van der Waals surface area (Å²) in [6, 6.07) is 4.18. The Bertz CT molecular complexity index is 590. The van der Waals surface area contributed by atoms with Gasteiger partial charge < -0.3 is 9.84 Å². The molecule has 2 heteroatoms.